The lowest BCUT2D eigenvalue weighted by Gasteiger charge is -2.27. The Morgan fingerprint density at radius 1 is 0.943 bits per heavy atom. The van der Waals surface area contributed by atoms with Gasteiger partial charge in [-0.15, -0.1) is 0 Å². The molecule has 0 saturated heterocycles. The van der Waals surface area contributed by atoms with Gasteiger partial charge in [0.05, 0.1) is 12.6 Å². The van der Waals surface area contributed by atoms with Crippen molar-refractivity contribution in [3.8, 4) is 0 Å². The summed E-state index contributed by atoms with van der Waals surface area (Å²) in [5.74, 6) is -3.56. The van der Waals surface area contributed by atoms with E-state index in [0.717, 1.165) is 6.42 Å². The number of hydrogen-bond donors (Lipinski definition) is 7. The van der Waals surface area contributed by atoms with Crippen LogP contribution in [0.3, 0.4) is 0 Å². The summed E-state index contributed by atoms with van der Waals surface area (Å²) in [6, 6.07) is 4.28. The van der Waals surface area contributed by atoms with E-state index in [2.05, 4.69) is 16.0 Å². The van der Waals surface area contributed by atoms with Gasteiger partial charge >= 0.3 is 5.97 Å². The number of benzene rings is 1. The summed E-state index contributed by atoms with van der Waals surface area (Å²) in [4.78, 5) is 49.8. The first-order chi connectivity index (χ1) is 16.6. The monoisotopic (exact) mass is 493 g/mol. The van der Waals surface area contributed by atoms with Crippen LogP contribution in [0.15, 0.2) is 30.3 Å². The molecule has 196 valence electrons. The van der Waals surface area contributed by atoms with E-state index in [9.17, 15) is 29.4 Å². The topological polar surface area (TPSA) is 197 Å². The zero-order chi connectivity index (χ0) is 26.4. The molecule has 11 nitrogen and oxygen atoms in total. The average Bonchev–Trinajstić information content (AvgIpc) is 2.85. The predicted molar refractivity (Wildman–Crippen MR) is 131 cm³/mol. The second kappa shape index (κ2) is 15.8. The van der Waals surface area contributed by atoms with Crippen molar-refractivity contribution in [3.05, 3.63) is 35.9 Å². The lowest BCUT2D eigenvalue weighted by Crippen LogP contribution is -2.59. The molecule has 1 aromatic carbocycles. The molecule has 0 aromatic heterocycles. The first-order valence-electron chi connectivity index (χ1n) is 11.9. The van der Waals surface area contributed by atoms with Crippen molar-refractivity contribution in [3.63, 3.8) is 0 Å². The molecule has 11 heteroatoms. The van der Waals surface area contributed by atoms with Crippen LogP contribution in [0.1, 0.15) is 45.1 Å². The van der Waals surface area contributed by atoms with E-state index in [4.69, 9.17) is 11.5 Å². The standard InChI is InChI=1S/C24H39N5O6/c1-3-15(2)20(29-21(31)17(26)11-7-8-12-25)23(33)28-19(14-30)22(32)27-18(24(34)35)13-16-9-5-4-6-10-16/h4-6,9-10,15,17-20,30H,3,7-8,11-14,25-26H2,1-2H3,(H,27,32)(H,28,33)(H,29,31)(H,34,35). The van der Waals surface area contributed by atoms with Gasteiger partial charge in [0.1, 0.15) is 18.1 Å². The van der Waals surface area contributed by atoms with Gasteiger partial charge in [0.25, 0.3) is 0 Å². The average molecular weight is 494 g/mol. The fraction of sp³-hybridized carbons (Fsp3) is 0.583. The van der Waals surface area contributed by atoms with Gasteiger partial charge in [-0.1, -0.05) is 57.0 Å². The Morgan fingerprint density at radius 3 is 2.11 bits per heavy atom. The number of carboxylic acid groups (broad SMARTS) is 1. The molecule has 35 heavy (non-hydrogen) atoms. The Hall–Kier alpha value is -3.02. The van der Waals surface area contributed by atoms with Crippen molar-refractivity contribution < 1.29 is 29.4 Å². The van der Waals surface area contributed by atoms with E-state index < -0.39 is 54.5 Å². The number of nitrogens with one attached hydrogen (secondary N) is 3. The van der Waals surface area contributed by atoms with Crippen LogP contribution in [0.2, 0.25) is 0 Å². The molecule has 0 aliphatic carbocycles. The number of carboxylic acids is 1. The smallest absolute Gasteiger partial charge is 0.326 e. The normalized spacial score (nSPS) is 15.2. The third-order valence-electron chi connectivity index (χ3n) is 5.81. The summed E-state index contributed by atoms with van der Waals surface area (Å²) in [7, 11) is 0. The number of carbonyl (C=O) groups is 4. The second-order valence-electron chi connectivity index (χ2n) is 8.60. The fourth-order valence-electron chi connectivity index (χ4n) is 3.38. The number of rotatable bonds is 16. The predicted octanol–water partition coefficient (Wildman–Crippen LogP) is -0.737. The van der Waals surface area contributed by atoms with Crippen molar-refractivity contribution in [2.24, 2.45) is 17.4 Å². The van der Waals surface area contributed by atoms with Crippen LogP contribution in [-0.2, 0) is 25.6 Å². The number of hydrogen-bond acceptors (Lipinski definition) is 7. The number of aliphatic hydroxyl groups excluding tert-OH is 1. The summed E-state index contributed by atoms with van der Waals surface area (Å²) >= 11 is 0. The minimum absolute atomic E-state index is 0.0294. The molecule has 0 fully saturated rings. The van der Waals surface area contributed by atoms with Gasteiger partial charge in [0.2, 0.25) is 17.7 Å². The Bertz CT molecular complexity index is 822. The second-order valence-corrected chi connectivity index (χ2v) is 8.60. The van der Waals surface area contributed by atoms with Crippen LogP contribution in [0.4, 0.5) is 0 Å². The number of aliphatic hydroxyl groups is 1. The van der Waals surface area contributed by atoms with E-state index in [1.165, 1.54) is 0 Å². The molecular weight excluding hydrogens is 454 g/mol. The summed E-state index contributed by atoms with van der Waals surface area (Å²) in [6.45, 7) is 3.34. The number of amides is 3. The number of unbranched alkanes of at least 4 members (excludes halogenated alkanes) is 1. The molecule has 0 spiro atoms. The van der Waals surface area contributed by atoms with Crippen LogP contribution in [0.5, 0.6) is 0 Å². The zero-order valence-electron chi connectivity index (χ0n) is 20.4. The molecular formula is C24H39N5O6. The van der Waals surface area contributed by atoms with Crippen LogP contribution in [0, 0.1) is 5.92 Å². The highest BCUT2D eigenvalue weighted by atomic mass is 16.4. The zero-order valence-corrected chi connectivity index (χ0v) is 20.4. The minimum Gasteiger partial charge on any atom is -0.480 e. The summed E-state index contributed by atoms with van der Waals surface area (Å²) in [5.41, 5.74) is 12.1. The third-order valence-corrected chi connectivity index (χ3v) is 5.81. The van der Waals surface area contributed by atoms with Crippen LogP contribution in [-0.4, -0.2) is 71.2 Å². The maximum atomic E-state index is 13.0. The number of aliphatic carboxylic acids is 1. The largest absolute Gasteiger partial charge is 0.480 e. The van der Waals surface area contributed by atoms with Crippen LogP contribution >= 0.6 is 0 Å². The fourth-order valence-corrected chi connectivity index (χ4v) is 3.38. The van der Waals surface area contributed by atoms with Crippen LogP contribution < -0.4 is 27.4 Å². The van der Waals surface area contributed by atoms with Gasteiger partial charge in [0, 0.05) is 6.42 Å². The van der Waals surface area contributed by atoms with E-state index >= 15 is 0 Å². The van der Waals surface area contributed by atoms with Gasteiger partial charge < -0.3 is 37.6 Å². The van der Waals surface area contributed by atoms with Crippen molar-refractivity contribution in [2.45, 2.75) is 70.1 Å². The number of nitrogens with two attached hydrogens (primary N) is 2. The lowest BCUT2D eigenvalue weighted by atomic mass is 9.97. The van der Waals surface area contributed by atoms with Gasteiger partial charge in [-0.2, -0.15) is 0 Å². The Kier molecular flexibility index (Phi) is 13.5. The molecule has 9 N–H and O–H groups in total. The van der Waals surface area contributed by atoms with Crippen LogP contribution in [0.25, 0.3) is 0 Å². The van der Waals surface area contributed by atoms with Gasteiger partial charge in [-0.25, -0.2) is 4.79 Å². The van der Waals surface area contributed by atoms with Gasteiger partial charge in [0.15, 0.2) is 0 Å². The third kappa shape index (κ3) is 10.4. The first-order valence-corrected chi connectivity index (χ1v) is 11.9. The first kappa shape index (κ1) is 30.0. The van der Waals surface area contributed by atoms with Crippen molar-refractivity contribution in [1.29, 1.82) is 0 Å². The van der Waals surface area contributed by atoms with E-state index in [-0.39, 0.29) is 12.3 Å². The highest BCUT2D eigenvalue weighted by Gasteiger charge is 2.32. The molecule has 0 heterocycles. The molecule has 0 bridgehead atoms. The maximum Gasteiger partial charge on any atom is 0.326 e. The SMILES string of the molecule is CCC(C)C(NC(=O)C(N)CCCCN)C(=O)NC(CO)C(=O)NC(Cc1ccccc1)C(=O)O. The van der Waals surface area contributed by atoms with E-state index in [0.29, 0.717) is 31.4 Å². The van der Waals surface area contributed by atoms with Crippen molar-refractivity contribution in [2.75, 3.05) is 13.2 Å². The van der Waals surface area contributed by atoms with Crippen molar-refractivity contribution >= 4 is 23.7 Å². The van der Waals surface area contributed by atoms with Gasteiger partial charge in [-0.3, -0.25) is 14.4 Å². The summed E-state index contributed by atoms with van der Waals surface area (Å²) in [6.07, 6.45) is 2.39. The number of carbonyl (C=O) groups excluding carboxylic acids is 3. The maximum absolute atomic E-state index is 13.0. The highest BCUT2D eigenvalue weighted by molar-refractivity contribution is 5.94. The molecule has 5 unspecified atom stereocenters. The summed E-state index contributed by atoms with van der Waals surface area (Å²) < 4.78 is 0. The van der Waals surface area contributed by atoms with Gasteiger partial charge in [-0.05, 0) is 30.9 Å². The van der Waals surface area contributed by atoms with E-state index in [1.54, 1.807) is 37.3 Å². The lowest BCUT2D eigenvalue weighted by molar-refractivity contribution is -0.142. The summed E-state index contributed by atoms with van der Waals surface area (Å²) in [5, 5.41) is 26.6. The molecule has 1 aromatic rings. The van der Waals surface area contributed by atoms with E-state index in [1.807, 2.05) is 6.92 Å². The molecule has 1 rings (SSSR count). The minimum atomic E-state index is -1.40. The quantitative estimate of drug-likeness (QED) is 0.146. The van der Waals surface area contributed by atoms with Crippen molar-refractivity contribution in [1.82, 2.24) is 16.0 Å². The Balaban J connectivity index is 2.84. The molecule has 0 aliphatic heterocycles. The molecule has 0 radical (unpaired) electrons. The molecule has 0 aliphatic rings. The molecule has 3 amide bonds. The molecule has 5 atom stereocenters. The highest BCUT2D eigenvalue weighted by Crippen LogP contribution is 2.10. The molecule has 0 saturated carbocycles. The Labute approximate surface area is 206 Å². The Morgan fingerprint density at radius 2 is 1.57 bits per heavy atom.